The summed E-state index contributed by atoms with van der Waals surface area (Å²) in [6.07, 6.45) is 21.0. The molecular weight excluding hydrogens is 326 g/mol. The van der Waals surface area contributed by atoms with Crippen LogP contribution in [0.5, 0.6) is 0 Å². The summed E-state index contributed by atoms with van der Waals surface area (Å²) in [7, 11) is -0.586. The standard InChI is InChI=1S/C18H40P.Al.ClH.O/c1-5-9-13-14-18-19(15-10-6-2,16-11-7-3)17-12-8-4;;;/h5-18H2,1-4H3;;1H;/q+1;;;. The first-order valence-corrected chi connectivity index (χ1v) is 12.3. The summed E-state index contributed by atoms with van der Waals surface area (Å²) in [4.78, 5) is 0. The maximum atomic E-state index is 8.17. The fourth-order valence-corrected chi connectivity index (χ4v) is 8.22. The Morgan fingerprint density at radius 1 is 0.545 bits per heavy atom. The molecule has 0 rings (SSSR count). The zero-order chi connectivity index (χ0) is 16.4. The van der Waals surface area contributed by atoms with E-state index < -0.39 is 7.26 Å². The summed E-state index contributed by atoms with van der Waals surface area (Å²) < 4.78 is 8.17. The van der Waals surface area contributed by atoms with Gasteiger partial charge in [0.15, 0.2) is 0 Å². The minimum atomic E-state index is -0.586. The fourth-order valence-electron chi connectivity index (χ4n) is 3.03. The predicted molar refractivity (Wildman–Crippen MR) is 109 cm³/mol. The van der Waals surface area contributed by atoms with Crippen molar-refractivity contribution in [1.82, 2.24) is 0 Å². The van der Waals surface area contributed by atoms with Gasteiger partial charge in [0.1, 0.15) is 0 Å². The van der Waals surface area contributed by atoms with Crippen LogP contribution in [0.2, 0.25) is 0 Å². The van der Waals surface area contributed by atoms with Crippen LogP contribution in [0.3, 0.4) is 0 Å². The molecule has 0 aliphatic carbocycles. The zero-order valence-electron chi connectivity index (χ0n) is 15.7. The predicted octanol–water partition coefficient (Wildman–Crippen LogP) is 6.91. The van der Waals surface area contributed by atoms with Gasteiger partial charge in [0.05, 0.1) is 24.6 Å². The number of hydrogen-bond acceptors (Lipinski definition) is 1. The monoisotopic (exact) mass is 366 g/mol. The van der Waals surface area contributed by atoms with Crippen molar-refractivity contribution in [3.05, 3.63) is 0 Å². The molecule has 0 fully saturated rings. The second-order valence-corrected chi connectivity index (χ2v) is 10.8. The minimum absolute atomic E-state index is 0. The van der Waals surface area contributed by atoms with Crippen LogP contribution in [-0.4, -0.2) is 40.9 Å². The molecule has 0 aliphatic rings. The van der Waals surface area contributed by atoms with E-state index in [1.54, 1.807) is 24.6 Å². The van der Waals surface area contributed by atoms with Crippen LogP contribution < -0.4 is 0 Å². The molecule has 0 saturated heterocycles. The number of halogens is 1. The van der Waals surface area contributed by atoms with E-state index in [-0.39, 0.29) is 12.4 Å². The van der Waals surface area contributed by atoms with E-state index in [0.717, 1.165) is 0 Å². The van der Waals surface area contributed by atoms with Crippen LogP contribution in [0, 0.1) is 0 Å². The van der Waals surface area contributed by atoms with Gasteiger partial charge >= 0.3 is 20.0 Å². The molecule has 0 amide bonds. The summed E-state index contributed by atoms with van der Waals surface area (Å²) >= 11 is 1.17. The molecule has 0 atom stereocenters. The fraction of sp³-hybridized carbons (Fsp3) is 1.00. The Morgan fingerprint density at radius 2 is 0.864 bits per heavy atom. The molecule has 1 radical (unpaired) electrons. The van der Waals surface area contributed by atoms with Gasteiger partial charge in [0.2, 0.25) is 0 Å². The van der Waals surface area contributed by atoms with Gasteiger partial charge in [-0.3, -0.25) is 0 Å². The summed E-state index contributed by atoms with van der Waals surface area (Å²) in [5, 5.41) is 0. The molecule has 0 aliphatic heterocycles. The van der Waals surface area contributed by atoms with Gasteiger partial charge in [-0.15, -0.1) is 12.4 Å². The van der Waals surface area contributed by atoms with Gasteiger partial charge in [-0.2, -0.15) is 0 Å². The Morgan fingerprint density at radius 3 is 1.18 bits per heavy atom. The second-order valence-electron chi connectivity index (χ2n) is 6.36. The maximum absolute atomic E-state index is 8.17. The van der Waals surface area contributed by atoms with Crippen molar-refractivity contribution in [2.75, 3.05) is 24.6 Å². The molecule has 4 heteroatoms. The second kappa shape index (κ2) is 22.1. The van der Waals surface area contributed by atoms with Gasteiger partial charge in [-0.05, 0) is 32.1 Å². The third-order valence-corrected chi connectivity index (χ3v) is 9.50. The quantitative estimate of drug-likeness (QED) is 0.185. The SMILES string of the molecule is CCCCCC[P+](CCCC)(CCCC)CCCC.Cl.[O]=[Al]. The van der Waals surface area contributed by atoms with Crippen LogP contribution in [-0.2, 0) is 3.80 Å². The summed E-state index contributed by atoms with van der Waals surface area (Å²) in [6.45, 7) is 9.43. The van der Waals surface area contributed by atoms with Crippen LogP contribution in [0.4, 0.5) is 0 Å². The molecule has 0 saturated carbocycles. The molecule has 133 valence electrons. The molecule has 0 spiro atoms. The Balaban J connectivity index is -0.00000115. The first-order valence-electron chi connectivity index (χ1n) is 9.33. The van der Waals surface area contributed by atoms with E-state index in [1.807, 2.05) is 0 Å². The molecule has 1 nitrogen and oxygen atoms in total. The third-order valence-electron chi connectivity index (χ3n) is 4.44. The summed E-state index contributed by atoms with van der Waals surface area (Å²) in [5.74, 6) is 0. The van der Waals surface area contributed by atoms with Crippen LogP contribution in [0.1, 0.15) is 91.9 Å². The van der Waals surface area contributed by atoms with E-state index in [9.17, 15) is 0 Å². The molecular formula is C18H41AlClOP+. The average molecular weight is 367 g/mol. The van der Waals surface area contributed by atoms with E-state index in [4.69, 9.17) is 3.80 Å². The van der Waals surface area contributed by atoms with Crippen molar-refractivity contribution in [1.29, 1.82) is 0 Å². The van der Waals surface area contributed by atoms with Crippen molar-refractivity contribution in [3.8, 4) is 0 Å². The van der Waals surface area contributed by atoms with Crippen molar-refractivity contribution in [3.63, 3.8) is 0 Å². The molecule has 0 aromatic carbocycles. The van der Waals surface area contributed by atoms with Gasteiger partial charge in [0, 0.05) is 7.26 Å². The molecule has 0 heterocycles. The van der Waals surface area contributed by atoms with Crippen molar-refractivity contribution < 1.29 is 3.80 Å². The molecule has 0 bridgehead atoms. The third kappa shape index (κ3) is 15.9. The van der Waals surface area contributed by atoms with Crippen molar-refractivity contribution in [2.45, 2.75) is 91.9 Å². The molecule has 0 N–H and O–H groups in total. The van der Waals surface area contributed by atoms with E-state index >= 15 is 0 Å². The first kappa shape index (κ1) is 27.9. The Kier molecular flexibility index (Phi) is 27.9. The summed E-state index contributed by atoms with van der Waals surface area (Å²) in [5.41, 5.74) is 0. The Hall–Kier alpha value is 1.05. The van der Waals surface area contributed by atoms with Gasteiger partial charge in [0.25, 0.3) is 0 Å². The van der Waals surface area contributed by atoms with Crippen molar-refractivity contribution >= 4 is 35.9 Å². The van der Waals surface area contributed by atoms with Gasteiger partial charge in [-0.25, -0.2) is 0 Å². The van der Waals surface area contributed by atoms with Crippen LogP contribution >= 0.6 is 19.7 Å². The van der Waals surface area contributed by atoms with Crippen LogP contribution in [0.25, 0.3) is 0 Å². The number of rotatable bonds is 14. The summed E-state index contributed by atoms with van der Waals surface area (Å²) in [6, 6.07) is 0. The van der Waals surface area contributed by atoms with Gasteiger partial charge < -0.3 is 0 Å². The Bertz CT molecular complexity index is 184. The zero-order valence-corrected chi connectivity index (χ0v) is 18.6. The normalized spacial score (nSPS) is 10.5. The first-order chi connectivity index (χ1) is 10.2. The molecule has 0 aromatic rings. The molecule has 0 aromatic heterocycles. The number of unbranched alkanes of at least 4 members (excludes halogenated alkanes) is 6. The average Bonchev–Trinajstić information content (AvgIpc) is 2.54. The van der Waals surface area contributed by atoms with E-state index in [2.05, 4.69) is 27.7 Å². The van der Waals surface area contributed by atoms with E-state index in [0.29, 0.717) is 0 Å². The van der Waals surface area contributed by atoms with E-state index in [1.165, 1.54) is 80.4 Å². The van der Waals surface area contributed by atoms with Gasteiger partial charge in [-0.1, -0.05) is 59.8 Å². The topological polar surface area (TPSA) is 17.1 Å². The molecule has 0 unspecified atom stereocenters. The van der Waals surface area contributed by atoms with Crippen LogP contribution in [0.15, 0.2) is 0 Å². The Labute approximate surface area is 156 Å². The number of hydrogen-bond donors (Lipinski definition) is 0. The van der Waals surface area contributed by atoms with Crippen molar-refractivity contribution in [2.24, 2.45) is 0 Å². The molecule has 22 heavy (non-hydrogen) atoms.